The number of nitrogens with two attached hydrogens (primary N) is 1. The lowest BCUT2D eigenvalue weighted by molar-refractivity contribution is -0.126. The number of carbonyl (C=O) groups is 3. The number of nitrogen functional groups attached to an aromatic ring is 1. The second kappa shape index (κ2) is 14.7. The van der Waals surface area contributed by atoms with E-state index in [9.17, 15) is 19.4 Å². The predicted octanol–water partition coefficient (Wildman–Crippen LogP) is 0.692. The van der Waals surface area contributed by atoms with Gasteiger partial charge in [-0.2, -0.15) is 0 Å². The van der Waals surface area contributed by atoms with E-state index in [1.165, 1.54) is 0 Å². The summed E-state index contributed by atoms with van der Waals surface area (Å²) in [6.07, 6.45) is 2.72. The number of rotatable bonds is 13. The molecule has 2 aromatic rings. The van der Waals surface area contributed by atoms with Crippen LogP contribution in [0.5, 0.6) is 5.75 Å². The van der Waals surface area contributed by atoms with Crippen LogP contribution in [0.25, 0.3) is 0 Å². The summed E-state index contributed by atoms with van der Waals surface area (Å²) in [5.74, 6) is -1.27. The Balaban J connectivity index is 1.51. The van der Waals surface area contributed by atoms with E-state index in [1.54, 1.807) is 5.38 Å². The molecule has 3 rings (SSSR count). The SMILES string of the molecule is Cc1cccc2c1OB(O)[C@@H](NC(=O)/C(=N\OCC(=O)NCCCCCNC(=O)CBr)c1csc(N)n1)C2. The summed E-state index contributed by atoms with van der Waals surface area (Å²) in [4.78, 5) is 45.6. The molecule has 38 heavy (non-hydrogen) atoms. The van der Waals surface area contributed by atoms with Gasteiger partial charge in [-0.3, -0.25) is 14.4 Å². The minimum atomic E-state index is -1.26. The number of thiazole rings is 1. The highest BCUT2D eigenvalue weighted by atomic mass is 79.9. The van der Waals surface area contributed by atoms with E-state index >= 15 is 0 Å². The summed E-state index contributed by atoms with van der Waals surface area (Å²) in [7, 11) is -1.26. The molecule has 0 saturated carbocycles. The van der Waals surface area contributed by atoms with Gasteiger partial charge in [-0.05, 0) is 43.7 Å². The van der Waals surface area contributed by atoms with Crippen molar-refractivity contribution < 1.29 is 28.9 Å². The molecule has 0 radical (unpaired) electrons. The van der Waals surface area contributed by atoms with Crippen molar-refractivity contribution in [2.24, 2.45) is 5.16 Å². The molecule has 0 spiro atoms. The lowest BCUT2D eigenvalue weighted by Crippen LogP contribution is -2.54. The predicted molar refractivity (Wildman–Crippen MR) is 148 cm³/mol. The standard InChI is InChI=1S/C23H30BBrN6O6S/c1-14-6-5-7-15-10-17(24(35)37-21(14)15)30-22(34)20(16-13-38-23(26)29-16)31-36-12-19(33)28-9-4-2-3-8-27-18(32)11-25/h5-7,13,17,35H,2-4,8-12H2,1H3,(H2,26,29)(H,27,32)(H,28,33)(H,30,34)/b31-20-/t17-/m0/s1. The van der Waals surface area contributed by atoms with Crippen LogP contribution in [0.2, 0.25) is 0 Å². The lowest BCUT2D eigenvalue weighted by Gasteiger charge is -2.29. The van der Waals surface area contributed by atoms with Crippen molar-refractivity contribution in [3.8, 4) is 5.75 Å². The maximum atomic E-state index is 13.1. The summed E-state index contributed by atoms with van der Waals surface area (Å²) in [5.41, 5.74) is 7.46. The molecule has 3 amide bonds. The quantitative estimate of drug-likeness (QED) is 0.0725. The van der Waals surface area contributed by atoms with Crippen LogP contribution in [0.15, 0.2) is 28.7 Å². The summed E-state index contributed by atoms with van der Waals surface area (Å²) in [5, 5.41) is 24.6. The normalized spacial score (nSPS) is 14.8. The topological polar surface area (TPSA) is 177 Å². The first kappa shape index (κ1) is 29.4. The third-order valence-corrected chi connectivity index (χ3v) is 6.77. The fourth-order valence-corrected chi connectivity index (χ4v) is 4.43. The number of alkyl halides is 1. The zero-order valence-electron chi connectivity index (χ0n) is 20.9. The van der Waals surface area contributed by atoms with Gasteiger partial charge < -0.3 is 36.2 Å². The van der Waals surface area contributed by atoms with E-state index in [0.29, 0.717) is 25.3 Å². The van der Waals surface area contributed by atoms with Crippen LogP contribution in [0.4, 0.5) is 5.13 Å². The Hall–Kier alpha value is -3.17. The van der Waals surface area contributed by atoms with Crippen molar-refractivity contribution in [3.05, 3.63) is 40.4 Å². The van der Waals surface area contributed by atoms with Crippen molar-refractivity contribution in [3.63, 3.8) is 0 Å². The Bertz CT molecular complexity index is 1170. The molecule has 204 valence electrons. The minimum absolute atomic E-state index is 0.0620. The Morgan fingerprint density at radius 2 is 2.00 bits per heavy atom. The summed E-state index contributed by atoms with van der Waals surface area (Å²) in [6, 6.07) is 5.63. The van der Waals surface area contributed by atoms with Crippen molar-refractivity contribution in [2.75, 3.05) is 30.8 Å². The molecule has 1 aliphatic rings. The highest BCUT2D eigenvalue weighted by Gasteiger charge is 2.37. The molecule has 0 saturated heterocycles. The maximum Gasteiger partial charge on any atom is 0.547 e. The van der Waals surface area contributed by atoms with Gasteiger partial charge >= 0.3 is 7.12 Å². The number of halogens is 1. The van der Waals surface area contributed by atoms with Gasteiger partial charge in [0.15, 0.2) is 17.5 Å². The molecule has 0 bridgehead atoms. The smallest absolute Gasteiger partial charge is 0.534 e. The van der Waals surface area contributed by atoms with Gasteiger partial charge in [-0.1, -0.05) is 39.3 Å². The summed E-state index contributed by atoms with van der Waals surface area (Å²) >= 11 is 4.20. The molecule has 2 heterocycles. The van der Waals surface area contributed by atoms with E-state index in [2.05, 4.69) is 42.0 Å². The van der Waals surface area contributed by atoms with E-state index in [0.717, 1.165) is 41.7 Å². The number of oxime groups is 1. The third kappa shape index (κ3) is 8.70. The van der Waals surface area contributed by atoms with Crippen LogP contribution in [0, 0.1) is 6.92 Å². The molecule has 1 aliphatic heterocycles. The zero-order chi connectivity index (χ0) is 27.5. The highest BCUT2D eigenvalue weighted by Crippen LogP contribution is 2.29. The van der Waals surface area contributed by atoms with E-state index in [-0.39, 0.29) is 27.8 Å². The van der Waals surface area contributed by atoms with Gasteiger partial charge in [0.1, 0.15) is 11.4 Å². The second-order valence-electron chi connectivity index (χ2n) is 8.53. The number of hydrogen-bond acceptors (Lipinski definition) is 10. The number of benzene rings is 1. The molecule has 0 fully saturated rings. The van der Waals surface area contributed by atoms with Crippen LogP contribution in [0.3, 0.4) is 0 Å². The zero-order valence-corrected chi connectivity index (χ0v) is 23.3. The van der Waals surface area contributed by atoms with Crippen molar-refractivity contribution in [1.82, 2.24) is 20.9 Å². The van der Waals surface area contributed by atoms with Crippen molar-refractivity contribution >= 4 is 62.9 Å². The van der Waals surface area contributed by atoms with Crippen molar-refractivity contribution in [2.45, 2.75) is 38.5 Å². The Labute approximate surface area is 233 Å². The second-order valence-corrected chi connectivity index (χ2v) is 9.98. The maximum absolute atomic E-state index is 13.1. The number of nitrogens with zero attached hydrogens (tertiary/aromatic N) is 2. The Morgan fingerprint density at radius 1 is 1.26 bits per heavy atom. The summed E-state index contributed by atoms with van der Waals surface area (Å²) < 4.78 is 5.63. The number of aromatic nitrogens is 1. The molecule has 1 aromatic carbocycles. The number of hydrogen-bond donors (Lipinski definition) is 5. The fraction of sp³-hybridized carbons (Fsp3) is 0.435. The third-order valence-electron chi connectivity index (χ3n) is 5.58. The molecule has 0 unspecified atom stereocenters. The number of fused-ring (bicyclic) bond motifs is 1. The number of anilines is 1. The monoisotopic (exact) mass is 608 g/mol. The molecular weight excluding hydrogens is 579 g/mol. The largest absolute Gasteiger partial charge is 0.547 e. The number of amides is 3. The lowest BCUT2D eigenvalue weighted by atomic mass is 9.72. The number of carbonyl (C=O) groups excluding carboxylic acids is 3. The van der Waals surface area contributed by atoms with Crippen LogP contribution in [-0.2, 0) is 25.6 Å². The van der Waals surface area contributed by atoms with E-state index in [4.69, 9.17) is 15.2 Å². The van der Waals surface area contributed by atoms with Crippen molar-refractivity contribution in [1.29, 1.82) is 0 Å². The number of unbranched alkanes of at least 4 members (excludes halogenated alkanes) is 2. The minimum Gasteiger partial charge on any atom is -0.534 e. The van der Waals surface area contributed by atoms with Gasteiger partial charge in [-0.25, -0.2) is 4.98 Å². The molecule has 1 atom stereocenters. The molecule has 1 aromatic heterocycles. The highest BCUT2D eigenvalue weighted by molar-refractivity contribution is 9.09. The molecular formula is C23H30BBrN6O6S. The first-order valence-corrected chi connectivity index (χ1v) is 14.0. The van der Waals surface area contributed by atoms with Gasteiger partial charge in [-0.15, -0.1) is 11.3 Å². The molecule has 15 heteroatoms. The first-order valence-electron chi connectivity index (χ1n) is 12.0. The average molecular weight is 609 g/mol. The Kier molecular flexibility index (Phi) is 11.4. The number of para-hydroxylation sites is 1. The van der Waals surface area contributed by atoms with Gasteiger partial charge in [0.05, 0.1) is 11.3 Å². The van der Waals surface area contributed by atoms with Crippen LogP contribution < -0.4 is 26.3 Å². The number of nitrogens with one attached hydrogen (secondary N) is 3. The van der Waals surface area contributed by atoms with E-state index < -0.39 is 31.5 Å². The van der Waals surface area contributed by atoms with Crippen LogP contribution in [-0.4, -0.2) is 71.5 Å². The average Bonchev–Trinajstić information content (AvgIpc) is 3.32. The first-order chi connectivity index (χ1) is 18.3. The molecule has 6 N–H and O–H groups in total. The number of aryl methyl sites for hydroxylation is 1. The van der Waals surface area contributed by atoms with Crippen LogP contribution >= 0.6 is 27.3 Å². The van der Waals surface area contributed by atoms with E-state index in [1.807, 2.05) is 25.1 Å². The molecule has 12 nitrogen and oxygen atoms in total. The van der Waals surface area contributed by atoms with Gasteiger partial charge in [0.25, 0.3) is 11.8 Å². The Morgan fingerprint density at radius 3 is 2.68 bits per heavy atom. The van der Waals surface area contributed by atoms with Gasteiger partial charge in [0.2, 0.25) is 5.91 Å². The van der Waals surface area contributed by atoms with Gasteiger partial charge in [0, 0.05) is 18.5 Å². The fourth-order valence-electron chi connectivity index (χ4n) is 3.68. The van der Waals surface area contributed by atoms with Crippen LogP contribution in [0.1, 0.15) is 36.1 Å². The summed E-state index contributed by atoms with van der Waals surface area (Å²) in [6.45, 7) is 2.50. The molecule has 0 aliphatic carbocycles.